The van der Waals surface area contributed by atoms with E-state index in [-0.39, 0.29) is 6.61 Å². The predicted molar refractivity (Wildman–Crippen MR) is 85.5 cm³/mol. The highest BCUT2D eigenvalue weighted by atomic mass is 35.6. The first-order valence-corrected chi connectivity index (χ1v) is 7.24. The number of amides is 1. The SMILES string of the molecule is COc1ccc(NC(=O)C(Cl)(Cl)Cl)cc1-c1ccc(CO)o1. The molecule has 0 bridgehead atoms. The summed E-state index contributed by atoms with van der Waals surface area (Å²) in [6.45, 7) is -0.216. The first-order valence-electron chi connectivity index (χ1n) is 6.11. The standard InChI is InChI=1S/C14H12Cl3NO4/c1-21-11-4-2-8(18-13(20)14(15,16)17)6-10(11)12-5-3-9(7-19)22-12/h2-6,19H,7H2,1H3,(H,18,20). The van der Waals surface area contributed by atoms with Gasteiger partial charge in [0.1, 0.15) is 23.9 Å². The van der Waals surface area contributed by atoms with Gasteiger partial charge in [0.25, 0.3) is 9.70 Å². The zero-order chi connectivity index (χ0) is 16.3. The number of aliphatic hydroxyl groups is 1. The van der Waals surface area contributed by atoms with Gasteiger partial charge in [0, 0.05) is 5.69 Å². The fourth-order valence-electron chi connectivity index (χ4n) is 1.79. The molecule has 1 aromatic carbocycles. The number of alkyl halides is 3. The molecule has 0 spiro atoms. The average Bonchev–Trinajstić information content (AvgIpc) is 2.95. The van der Waals surface area contributed by atoms with Crippen LogP contribution in [0.25, 0.3) is 11.3 Å². The Labute approximate surface area is 141 Å². The lowest BCUT2D eigenvalue weighted by Gasteiger charge is -2.13. The van der Waals surface area contributed by atoms with Crippen LogP contribution in [0.1, 0.15) is 5.76 Å². The lowest BCUT2D eigenvalue weighted by atomic mass is 10.1. The molecular formula is C14H12Cl3NO4. The van der Waals surface area contributed by atoms with Crippen LogP contribution < -0.4 is 10.1 Å². The Morgan fingerprint density at radius 1 is 1.32 bits per heavy atom. The molecule has 118 valence electrons. The first-order chi connectivity index (χ1) is 10.3. The Kier molecular flexibility index (Phi) is 5.24. The molecule has 2 N–H and O–H groups in total. The van der Waals surface area contributed by atoms with Gasteiger partial charge in [-0.3, -0.25) is 4.79 Å². The molecule has 0 aliphatic rings. The second kappa shape index (κ2) is 6.79. The van der Waals surface area contributed by atoms with E-state index < -0.39 is 9.70 Å². The fourth-order valence-corrected chi connectivity index (χ4v) is 1.93. The summed E-state index contributed by atoms with van der Waals surface area (Å²) in [5, 5.41) is 11.5. The second-order valence-corrected chi connectivity index (χ2v) is 6.57. The Morgan fingerprint density at radius 3 is 2.59 bits per heavy atom. The van der Waals surface area contributed by atoms with Gasteiger partial charge in [-0.25, -0.2) is 0 Å². The number of hydrogen-bond donors (Lipinski definition) is 2. The number of ether oxygens (including phenoxy) is 1. The van der Waals surface area contributed by atoms with Gasteiger partial charge in [0.05, 0.1) is 12.7 Å². The Bertz CT molecular complexity index is 679. The molecule has 1 heterocycles. The topological polar surface area (TPSA) is 71.7 Å². The van der Waals surface area contributed by atoms with Gasteiger partial charge < -0.3 is 19.6 Å². The molecule has 1 aromatic heterocycles. The molecule has 0 aliphatic carbocycles. The van der Waals surface area contributed by atoms with Crippen molar-refractivity contribution in [2.24, 2.45) is 0 Å². The summed E-state index contributed by atoms with van der Waals surface area (Å²) >= 11 is 16.6. The molecule has 0 atom stereocenters. The molecule has 0 fully saturated rings. The van der Waals surface area contributed by atoms with E-state index in [0.717, 1.165) is 0 Å². The van der Waals surface area contributed by atoms with E-state index in [2.05, 4.69) is 5.32 Å². The number of benzene rings is 1. The van der Waals surface area contributed by atoms with Crippen LogP contribution in [0.2, 0.25) is 0 Å². The monoisotopic (exact) mass is 363 g/mol. The second-order valence-electron chi connectivity index (χ2n) is 4.29. The van der Waals surface area contributed by atoms with E-state index >= 15 is 0 Å². The van der Waals surface area contributed by atoms with Crippen LogP contribution >= 0.6 is 34.8 Å². The van der Waals surface area contributed by atoms with Crippen molar-refractivity contribution in [3.8, 4) is 17.1 Å². The predicted octanol–water partition coefficient (Wildman–Crippen LogP) is 3.76. The Balaban J connectivity index is 2.36. The lowest BCUT2D eigenvalue weighted by molar-refractivity contribution is -0.115. The maximum absolute atomic E-state index is 11.7. The summed E-state index contributed by atoms with van der Waals surface area (Å²) in [6, 6.07) is 8.19. The van der Waals surface area contributed by atoms with Gasteiger partial charge in [-0.1, -0.05) is 34.8 Å². The van der Waals surface area contributed by atoms with E-state index in [1.54, 1.807) is 30.3 Å². The third-order valence-corrected chi connectivity index (χ3v) is 3.31. The summed E-state index contributed by atoms with van der Waals surface area (Å²) < 4.78 is 8.66. The maximum atomic E-state index is 11.7. The Morgan fingerprint density at radius 2 is 2.05 bits per heavy atom. The van der Waals surface area contributed by atoms with Crippen LogP contribution in [-0.4, -0.2) is 21.9 Å². The minimum Gasteiger partial charge on any atom is -0.496 e. The highest BCUT2D eigenvalue weighted by Gasteiger charge is 2.30. The number of carbonyl (C=O) groups is 1. The van der Waals surface area contributed by atoms with Gasteiger partial charge in [0.15, 0.2) is 0 Å². The van der Waals surface area contributed by atoms with Crippen molar-refractivity contribution < 1.29 is 19.1 Å². The minimum absolute atomic E-state index is 0.216. The normalized spacial score (nSPS) is 11.3. The summed E-state index contributed by atoms with van der Waals surface area (Å²) in [5.74, 6) is 0.647. The van der Waals surface area contributed by atoms with Crippen LogP contribution in [0.4, 0.5) is 5.69 Å². The van der Waals surface area contributed by atoms with Crippen molar-refractivity contribution in [3.05, 3.63) is 36.1 Å². The van der Waals surface area contributed by atoms with Crippen LogP contribution in [0.3, 0.4) is 0 Å². The summed E-state index contributed by atoms with van der Waals surface area (Å²) in [6.07, 6.45) is 0. The molecular weight excluding hydrogens is 353 g/mol. The molecule has 0 saturated heterocycles. The van der Waals surface area contributed by atoms with Crippen molar-refractivity contribution in [1.29, 1.82) is 0 Å². The number of hydrogen-bond acceptors (Lipinski definition) is 4. The number of carbonyl (C=O) groups excluding carboxylic acids is 1. The molecule has 5 nitrogen and oxygen atoms in total. The zero-order valence-corrected chi connectivity index (χ0v) is 13.7. The van der Waals surface area contributed by atoms with Crippen molar-refractivity contribution in [3.63, 3.8) is 0 Å². The van der Waals surface area contributed by atoms with Crippen molar-refractivity contribution in [2.75, 3.05) is 12.4 Å². The van der Waals surface area contributed by atoms with Gasteiger partial charge in [0.2, 0.25) is 0 Å². The van der Waals surface area contributed by atoms with Crippen molar-refractivity contribution in [1.82, 2.24) is 0 Å². The molecule has 0 unspecified atom stereocenters. The number of anilines is 1. The van der Waals surface area contributed by atoms with E-state index in [1.807, 2.05) is 0 Å². The van der Waals surface area contributed by atoms with Gasteiger partial charge >= 0.3 is 0 Å². The molecule has 22 heavy (non-hydrogen) atoms. The molecule has 0 radical (unpaired) electrons. The van der Waals surface area contributed by atoms with Crippen LogP contribution in [0.15, 0.2) is 34.7 Å². The van der Waals surface area contributed by atoms with Gasteiger partial charge in [-0.05, 0) is 30.3 Å². The molecule has 2 aromatic rings. The smallest absolute Gasteiger partial charge is 0.276 e. The van der Waals surface area contributed by atoms with Crippen molar-refractivity contribution in [2.45, 2.75) is 10.4 Å². The maximum Gasteiger partial charge on any atom is 0.276 e. The van der Waals surface area contributed by atoms with Gasteiger partial charge in [-0.15, -0.1) is 0 Å². The molecule has 8 heteroatoms. The summed E-state index contributed by atoms with van der Waals surface area (Å²) in [4.78, 5) is 11.7. The van der Waals surface area contributed by atoms with E-state index in [4.69, 9.17) is 49.1 Å². The Hall–Kier alpha value is -1.40. The number of rotatable bonds is 4. The molecule has 1 amide bonds. The lowest BCUT2D eigenvalue weighted by Crippen LogP contribution is -2.26. The largest absolute Gasteiger partial charge is 0.496 e. The van der Waals surface area contributed by atoms with E-state index in [1.165, 1.54) is 7.11 Å². The summed E-state index contributed by atoms with van der Waals surface area (Å²) in [7, 11) is 1.51. The van der Waals surface area contributed by atoms with Gasteiger partial charge in [-0.2, -0.15) is 0 Å². The van der Waals surface area contributed by atoms with E-state index in [9.17, 15) is 4.79 Å². The highest BCUT2D eigenvalue weighted by molar-refractivity contribution is 6.76. The first kappa shape index (κ1) is 17.0. The quantitative estimate of drug-likeness (QED) is 0.810. The molecule has 0 aliphatic heterocycles. The van der Waals surface area contributed by atoms with Crippen LogP contribution in [-0.2, 0) is 11.4 Å². The molecule has 2 rings (SSSR count). The molecule has 0 saturated carbocycles. The summed E-state index contributed by atoms with van der Waals surface area (Å²) in [5.41, 5.74) is 0.999. The van der Waals surface area contributed by atoms with Crippen LogP contribution in [0, 0.1) is 0 Å². The number of aliphatic hydroxyl groups excluding tert-OH is 1. The van der Waals surface area contributed by atoms with Crippen LogP contribution in [0.5, 0.6) is 5.75 Å². The van der Waals surface area contributed by atoms with E-state index in [0.29, 0.717) is 28.5 Å². The number of furan rings is 1. The third kappa shape index (κ3) is 3.87. The van der Waals surface area contributed by atoms with Crippen molar-refractivity contribution >= 4 is 46.4 Å². The zero-order valence-electron chi connectivity index (χ0n) is 11.4. The number of methoxy groups -OCH3 is 1. The number of nitrogens with one attached hydrogen (secondary N) is 1. The average molecular weight is 365 g/mol. The number of halogens is 3. The minimum atomic E-state index is -2.06. The third-order valence-electron chi connectivity index (χ3n) is 2.80. The fraction of sp³-hybridized carbons (Fsp3) is 0.214. The highest BCUT2D eigenvalue weighted by Crippen LogP contribution is 2.35.